The predicted molar refractivity (Wildman–Crippen MR) is 57.8 cm³/mol. The molecule has 1 rings (SSSR count). The monoisotopic (exact) mass is 256 g/mol. The van der Waals surface area contributed by atoms with Crippen LogP contribution in [0.15, 0.2) is 42.7 Å². The Labute approximate surface area is 90.1 Å². The summed E-state index contributed by atoms with van der Waals surface area (Å²) in [7, 11) is 1.53. The Bertz CT molecular complexity index is 306. The third kappa shape index (κ3) is 4.26. The van der Waals surface area contributed by atoms with Crippen molar-refractivity contribution in [1.82, 2.24) is 0 Å². The van der Waals surface area contributed by atoms with Gasteiger partial charge < -0.3 is 0 Å². The Morgan fingerprint density at radius 2 is 2.14 bits per heavy atom. The van der Waals surface area contributed by atoms with Gasteiger partial charge in [0.25, 0.3) is 0 Å². The summed E-state index contributed by atoms with van der Waals surface area (Å²) in [6.07, 6.45) is 2.90. The van der Waals surface area contributed by atoms with E-state index >= 15 is 0 Å². The van der Waals surface area contributed by atoms with Gasteiger partial charge in [-0.15, -0.1) is 0 Å². The van der Waals surface area contributed by atoms with Crippen LogP contribution in [-0.2, 0) is 9.53 Å². The van der Waals surface area contributed by atoms with Crippen molar-refractivity contribution in [3.8, 4) is 0 Å². The molecule has 0 unspecified atom stereocenters. The number of ether oxygens (including phenoxy) is 1. The molecule has 0 aliphatic carbocycles. The van der Waals surface area contributed by atoms with Gasteiger partial charge in [-0.1, -0.05) is 0 Å². The van der Waals surface area contributed by atoms with Crippen molar-refractivity contribution in [2.75, 3.05) is 7.11 Å². The van der Waals surface area contributed by atoms with Crippen molar-refractivity contribution in [3.63, 3.8) is 0 Å². The minimum absolute atomic E-state index is 0.121. The van der Waals surface area contributed by atoms with Crippen LogP contribution in [-0.4, -0.2) is 27.8 Å². The number of hydrogen-bond acceptors (Lipinski definition) is 2. The normalized spacial score (nSPS) is 10.4. The molecule has 0 saturated carbocycles. The molecule has 3 heteroatoms. The zero-order valence-corrected chi connectivity index (χ0v) is 9.69. The van der Waals surface area contributed by atoms with Crippen LogP contribution in [0.4, 0.5) is 0 Å². The fourth-order valence-electron chi connectivity index (χ4n) is 0.863. The van der Waals surface area contributed by atoms with E-state index in [1.807, 2.05) is 30.3 Å². The fourth-order valence-corrected chi connectivity index (χ4v) is 2.45. The summed E-state index contributed by atoms with van der Waals surface area (Å²) in [5, 5.41) is 0.594. The molecule has 0 aromatic heterocycles. The molecule has 0 radical (unpaired) electrons. The number of hydrogen-bond donors (Lipinski definition) is 0. The molecule has 0 saturated heterocycles. The van der Waals surface area contributed by atoms with E-state index in [1.54, 1.807) is 0 Å². The Balaban J connectivity index is 2.34. The molecule has 0 bridgehead atoms. The Hall–Kier alpha value is -1.05. The molecule has 74 valence electrons. The second-order valence-electron chi connectivity index (χ2n) is 2.61. The van der Waals surface area contributed by atoms with E-state index in [0.29, 0.717) is 5.32 Å². The molecule has 0 aliphatic heterocycles. The van der Waals surface area contributed by atoms with Gasteiger partial charge in [0.1, 0.15) is 0 Å². The van der Waals surface area contributed by atoms with Crippen LogP contribution in [0, 0.1) is 0 Å². The van der Waals surface area contributed by atoms with Crippen LogP contribution < -0.4 is 4.46 Å². The van der Waals surface area contributed by atoms with E-state index in [2.05, 4.69) is 4.74 Å². The van der Waals surface area contributed by atoms with Gasteiger partial charge in [-0.05, 0) is 0 Å². The Morgan fingerprint density at radius 1 is 1.43 bits per heavy atom. The molecular weight excluding hydrogens is 243 g/mol. The third-order valence-corrected chi connectivity index (χ3v) is 3.68. The second kappa shape index (κ2) is 6.41. The van der Waals surface area contributed by atoms with E-state index in [0.717, 1.165) is 0 Å². The maximum absolute atomic E-state index is 11.2. The topological polar surface area (TPSA) is 26.3 Å². The number of carbonyl (C=O) groups is 1. The SMILES string of the molecule is CO/C=C/C(=O)C[Se]c1ccccc1. The molecule has 1 aromatic carbocycles. The summed E-state index contributed by atoms with van der Waals surface area (Å²) < 4.78 is 5.92. The molecular formula is C11H12O2Se. The van der Waals surface area contributed by atoms with E-state index < -0.39 is 0 Å². The zero-order valence-electron chi connectivity index (χ0n) is 7.97. The molecule has 0 fully saturated rings. The zero-order chi connectivity index (χ0) is 10.2. The summed E-state index contributed by atoms with van der Waals surface area (Å²) in [6.45, 7) is 0. The van der Waals surface area contributed by atoms with Gasteiger partial charge in [0.05, 0.1) is 0 Å². The van der Waals surface area contributed by atoms with Crippen molar-refractivity contribution in [2.24, 2.45) is 0 Å². The first-order valence-electron chi connectivity index (χ1n) is 4.23. The summed E-state index contributed by atoms with van der Waals surface area (Å²) >= 11 is 0.233. The first-order chi connectivity index (χ1) is 6.83. The van der Waals surface area contributed by atoms with Crippen LogP contribution in [0.3, 0.4) is 0 Å². The van der Waals surface area contributed by atoms with Gasteiger partial charge in [-0.25, -0.2) is 0 Å². The van der Waals surface area contributed by atoms with Crippen molar-refractivity contribution in [1.29, 1.82) is 0 Å². The van der Waals surface area contributed by atoms with Gasteiger partial charge in [-0.3, -0.25) is 0 Å². The van der Waals surface area contributed by atoms with Crippen molar-refractivity contribution < 1.29 is 9.53 Å². The van der Waals surface area contributed by atoms with Crippen molar-refractivity contribution >= 4 is 25.2 Å². The van der Waals surface area contributed by atoms with Gasteiger partial charge in [0.15, 0.2) is 0 Å². The van der Waals surface area contributed by atoms with Gasteiger partial charge in [0.2, 0.25) is 0 Å². The average molecular weight is 255 g/mol. The fraction of sp³-hybridized carbons (Fsp3) is 0.182. The van der Waals surface area contributed by atoms with Crippen LogP contribution >= 0.6 is 0 Å². The van der Waals surface area contributed by atoms with E-state index in [9.17, 15) is 4.79 Å². The summed E-state index contributed by atoms with van der Waals surface area (Å²) in [5.74, 6) is 0.121. The molecule has 2 nitrogen and oxygen atoms in total. The van der Waals surface area contributed by atoms with E-state index in [1.165, 1.54) is 23.9 Å². The van der Waals surface area contributed by atoms with Crippen molar-refractivity contribution in [3.05, 3.63) is 42.7 Å². The van der Waals surface area contributed by atoms with Gasteiger partial charge in [0, 0.05) is 0 Å². The standard InChI is InChI=1S/C11H12O2Se/c1-13-8-7-10(12)9-14-11-5-3-2-4-6-11/h2-8H,9H2,1H3/b8-7+. The van der Waals surface area contributed by atoms with Crippen LogP contribution in [0.1, 0.15) is 0 Å². The summed E-state index contributed by atoms with van der Waals surface area (Å²) in [5.41, 5.74) is 0. The Kier molecular flexibility index (Phi) is 5.05. The number of ketones is 1. The molecule has 1 aromatic rings. The molecule has 0 N–H and O–H groups in total. The molecule has 0 amide bonds. The quantitative estimate of drug-likeness (QED) is 0.448. The van der Waals surface area contributed by atoms with Crippen LogP contribution in [0.2, 0.25) is 5.32 Å². The first kappa shape index (κ1) is 11.0. The second-order valence-corrected chi connectivity index (χ2v) is 4.81. The van der Waals surface area contributed by atoms with Crippen molar-refractivity contribution in [2.45, 2.75) is 5.32 Å². The van der Waals surface area contributed by atoms with E-state index in [-0.39, 0.29) is 20.7 Å². The number of carbonyl (C=O) groups excluding carboxylic acids is 1. The number of allylic oxidation sites excluding steroid dienone is 1. The first-order valence-corrected chi connectivity index (χ1v) is 6.29. The molecule has 0 atom stereocenters. The van der Waals surface area contributed by atoms with Gasteiger partial charge >= 0.3 is 89.8 Å². The number of rotatable bonds is 5. The van der Waals surface area contributed by atoms with Gasteiger partial charge in [-0.2, -0.15) is 0 Å². The number of methoxy groups -OCH3 is 1. The molecule has 0 aliphatic rings. The molecule has 0 heterocycles. The Morgan fingerprint density at radius 3 is 2.79 bits per heavy atom. The van der Waals surface area contributed by atoms with Crippen LogP contribution in [0.25, 0.3) is 0 Å². The molecule has 0 spiro atoms. The average Bonchev–Trinajstić information content (AvgIpc) is 2.25. The summed E-state index contributed by atoms with van der Waals surface area (Å²) in [6, 6.07) is 10.1. The summed E-state index contributed by atoms with van der Waals surface area (Å²) in [4.78, 5) is 11.2. The number of benzene rings is 1. The third-order valence-electron chi connectivity index (χ3n) is 1.51. The predicted octanol–water partition coefficient (Wildman–Crippen LogP) is 1.16. The van der Waals surface area contributed by atoms with Crippen LogP contribution in [0.5, 0.6) is 0 Å². The minimum atomic E-state index is 0.121. The maximum atomic E-state index is 11.2. The van der Waals surface area contributed by atoms with E-state index in [4.69, 9.17) is 0 Å². The molecule has 14 heavy (non-hydrogen) atoms.